The Hall–Kier alpha value is -1.96. The number of ether oxygens (including phenoxy) is 1. The molecule has 2 aromatic rings. The van der Waals surface area contributed by atoms with E-state index < -0.39 is 6.10 Å². The molecule has 0 saturated carbocycles. The monoisotopic (exact) mass is 435 g/mol. The molecule has 0 aliphatic carbocycles. The highest BCUT2D eigenvalue weighted by Crippen LogP contribution is 2.33. The molecule has 30 heavy (non-hydrogen) atoms. The van der Waals surface area contributed by atoms with E-state index in [9.17, 15) is 10.2 Å². The van der Waals surface area contributed by atoms with Crippen LogP contribution in [-0.4, -0.2) is 54.1 Å². The first-order chi connectivity index (χ1) is 14.5. The van der Waals surface area contributed by atoms with Crippen molar-refractivity contribution in [2.45, 2.75) is 44.5 Å². The summed E-state index contributed by atoms with van der Waals surface area (Å²) in [7, 11) is 2.53. The maximum atomic E-state index is 10.1. The highest BCUT2D eigenvalue weighted by atomic mass is 35.5. The Labute approximate surface area is 182 Å². The predicted octanol–water partition coefficient (Wildman–Crippen LogP) is 3.48. The maximum absolute atomic E-state index is 10.1. The van der Waals surface area contributed by atoms with Crippen molar-refractivity contribution in [3.63, 3.8) is 0 Å². The third-order valence-corrected chi connectivity index (χ3v) is 5.39. The minimum Gasteiger partial charge on any atom is -0.400 e. The van der Waals surface area contributed by atoms with Gasteiger partial charge < -0.3 is 24.9 Å². The fourth-order valence-corrected chi connectivity index (χ4v) is 3.71. The summed E-state index contributed by atoms with van der Waals surface area (Å²) in [5.74, 6) is 0. The van der Waals surface area contributed by atoms with Crippen molar-refractivity contribution in [2.75, 3.05) is 20.8 Å². The third-order valence-electron chi connectivity index (χ3n) is 5.02. The van der Waals surface area contributed by atoms with Gasteiger partial charge in [-0.05, 0) is 41.7 Å². The van der Waals surface area contributed by atoms with E-state index in [2.05, 4.69) is 17.3 Å². The summed E-state index contributed by atoms with van der Waals surface area (Å²) in [4.78, 5) is 4.82. The molecule has 6 nitrogen and oxygen atoms in total. The van der Waals surface area contributed by atoms with Gasteiger partial charge in [-0.3, -0.25) is 0 Å². The lowest BCUT2D eigenvalue weighted by molar-refractivity contribution is -0.113. The van der Waals surface area contributed by atoms with E-state index in [-0.39, 0.29) is 18.8 Å². The van der Waals surface area contributed by atoms with E-state index in [0.717, 1.165) is 35.1 Å². The van der Waals surface area contributed by atoms with Crippen LogP contribution in [-0.2, 0) is 16.0 Å². The SMILES string of the molecule is CO.CO/N=C(\C)c1ccc(Cc2cc(C3CC(O)CC(CO)O3)ccc2Cl)cc1. The second-order valence-corrected chi connectivity index (χ2v) is 7.55. The summed E-state index contributed by atoms with van der Waals surface area (Å²) >= 11 is 6.43. The van der Waals surface area contributed by atoms with Gasteiger partial charge in [0.2, 0.25) is 0 Å². The van der Waals surface area contributed by atoms with E-state index in [0.29, 0.717) is 24.3 Å². The minimum absolute atomic E-state index is 0.0911. The first-order valence-electron chi connectivity index (χ1n) is 9.84. The van der Waals surface area contributed by atoms with E-state index in [1.807, 2.05) is 37.3 Å². The number of oxime groups is 1. The molecule has 2 aromatic carbocycles. The molecule has 3 rings (SSSR count). The number of benzene rings is 2. The number of aliphatic hydroxyl groups excluding tert-OH is 3. The molecule has 3 atom stereocenters. The Morgan fingerprint density at radius 3 is 2.50 bits per heavy atom. The number of nitrogens with zero attached hydrogens (tertiary/aromatic N) is 1. The molecule has 0 radical (unpaired) electrons. The lowest BCUT2D eigenvalue weighted by atomic mass is 9.94. The summed E-state index contributed by atoms with van der Waals surface area (Å²) in [5, 5.41) is 31.1. The van der Waals surface area contributed by atoms with Crippen LogP contribution in [0.3, 0.4) is 0 Å². The molecule has 0 amide bonds. The molecule has 0 bridgehead atoms. The van der Waals surface area contributed by atoms with E-state index in [4.69, 9.17) is 26.3 Å². The van der Waals surface area contributed by atoms with Gasteiger partial charge in [-0.2, -0.15) is 0 Å². The molecule has 1 aliphatic rings. The van der Waals surface area contributed by atoms with Crippen molar-refractivity contribution in [3.05, 3.63) is 69.7 Å². The van der Waals surface area contributed by atoms with Crippen LogP contribution in [0.5, 0.6) is 0 Å². The smallest absolute Gasteiger partial charge is 0.106 e. The predicted molar refractivity (Wildman–Crippen MR) is 118 cm³/mol. The molecule has 3 unspecified atom stereocenters. The van der Waals surface area contributed by atoms with Gasteiger partial charge in [-0.15, -0.1) is 0 Å². The van der Waals surface area contributed by atoms with Crippen molar-refractivity contribution in [1.29, 1.82) is 0 Å². The van der Waals surface area contributed by atoms with Gasteiger partial charge in [-0.1, -0.05) is 53.2 Å². The molecule has 7 heteroatoms. The Balaban J connectivity index is 0.00000155. The van der Waals surface area contributed by atoms with E-state index in [1.54, 1.807) is 0 Å². The van der Waals surface area contributed by atoms with Crippen molar-refractivity contribution in [3.8, 4) is 0 Å². The Kier molecular flexibility index (Phi) is 9.75. The summed E-state index contributed by atoms with van der Waals surface area (Å²) in [6.07, 6.45) is 0.617. The molecular weight excluding hydrogens is 406 g/mol. The molecule has 3 N–H and O–H groups in total. The van der Waals surface area contributed by atoms with Gasteiger partial charge in [0, 0.05) is 25.0 Å². The lowest BCUT2D eigenvalue weighted by Crippen LogP contribution is -2.33. The second kappa shape index (κ2) is 12.0. The zero-order valence-corrected chi connectivity index (χ0v) is 18.3. The van der Waals surface area contributed by atoms with Gasteiger partial charge in [-0.25, -0.2) is 0 Å². The second-order valence-electron chi connectivity index (χ2n) is 7.14. The molecular formula is C23H30ClNO5. The first kappa shape index (κ1) is 24.3. The standard InChI is InChI=1S/C22H26ClNO4.CH4O/c1-14(24-27-2)16-5-3-15(4-6-16)9-18-10-17(7-8-21(18)23)22-12-19(26)11-20(13-25)28-22;1-2/h3-8,10,19-20,22,25-26H,9,11-13H2,1-2H3;2H,1H3/b24-14+;. The van der Waals surface area contributed by atoms with Crippen LogP contribution in [0.2, 0.25) is 5.02 Å². The summed E-state index contributed by atoms with van der Waals surface area (Å²) in [5.41, 5.74) is 4.92. The van der Waals surface area contributed by atoms with Crippen molar-refractivity contribution in [2.24, 2.45) is 5.16 Å². The molecule has 1 aliphatic heterocycles. The topological polar surface area (TPSA) is 91.5 Å². The van der Waals surface area contributed by atoms with E-state index >= 15 is 0 Å². The molecule has 0 spiro atoms. The van der Waals surface area contributed by atoms with Crippen LogP contribution < -0.4 is 0 Å². The minimum atomic E-state index is -0.473. The number of rotatable bonds is 6. The largest absolute Gasteiger partial charge is 0.400 e. The fraction of sp³-hybridized carbons (Fsp3) is 0.435. The normalized spacial score (nSPS) is 21.6. The van der Waals surface area contributed by atoms with Gasteiger partial charge in [0.05, 0.1) is 30.6 Å². The summed E-state index contributed by atoms with van der Waals surface area (Å²) in [6, 6.07) is 14.0. The third kappa shape index (κ3) is 6.52. The van der Waals surface area contributed by atoms with Crippen LogP contribution in [0.4, 0.5) is 0 Å². The molecule has 164 valence electrons. The van der Waals surface area contributed by atoms with Crippen LogP contribution in [0, 0.1) is 0 Å². The number of hydrogen-bond acceptors (Lipinski definition) is 6. The van der Waals surface area contributed by atoms with Crippen LogP contribution in [0.15, 0.2) is 47.6 Å². The Morgan fingerprint density at radius 2 is 1.87 bits per heavy atom. The van der Waals surface area contributed by atoms with Crippen LogP contribution >= 0.6 is 11.6 Å². The van der Waals surface area contributed by atoms with Crippen LogP contribution in [0.25, 0.3) is 0 Å². The highest BCUT2D eigenvalue weighted by molar-refractivity contribution is 6.31. The van der Waals surface area contributed by atoms with Gasteiger partial charge >= 0.3 is 0 Å². The Bertz CT molecular complexity index is 825. The highest BCUT2D eigenvalue weighted by Gasteiger charge is 2.29. The van der Waals surface area contributed by atoms with Gasteiger partial charge in [0.25, 0.3) is 0 Å². The molecule has 1 heterocycles. The lowest BCUT2D eigenvalue weighted by Gasteiger charge is -2.32. The van der Waals surface area contributed by atoms with Gasteiger partial charge in [0.1, 0.15) is 7.11 Å². The van der Waals surface area contributed by atoms with Crippen LogP contribution in [0.1, 0.15) is 48.1 Å². The average molecular weight is 436 g/mol. The Morgan fingerprint density at radius 1 is 1.17 bits per heavy atom. The molecule has 0 aromatic heterocycles. The van der Waals surface area contributed by atoms with Crippen molar-refractivity contribution < 1.29 is 24.9 Å². The van der Waals surface area contributed by atoms with Gasteiger partial charge in [0.15, 0.2) is 0 Å². The first-order valence-corrected chi connectivity index (χ1v) is 10.2. The summed E-state index contributed by atoms with van der Waals surface area (Å²) < 4.78 is 5.92. The number of hydrogen-bond donors (Lipinski definition) is 3. The van der Waals surface area contributed by atoms with Crippen molar-refractivity contribution in [1.82, 2.24) is 0 Å². The zero-order chi connectivity index (χ0) is 22.1. The number of halogens is 1. The number of aliphatic hydroxyl groups is 3. The van der Waals surface area contributed by atoms with Crippen molar-refractivity contribution >= 4 is 17.3 Å². The quantitative estimate of drug-likeness (QED) is 0.477. The molecule has 1 fully saturated rings. The maximum Gasteiger partial charge on any atom is 0.106 e. The average Bonchev–Trinajstić information content (AvgIpc) is 2.77. The summed E-state index contributed by atoms with van der Waals surface area (Å²) in [6.45, 7) is 1.81. The zero-order valence-electron chi connectivity index (χ0n) is 17.6. The molecule has 1 saturated heterocycles. The van der Waals surface area contributed by atoms with E-state index in [1.165, 1.54) is 7.11 Å². The fourth-order valence-electron chi connectivity index (χ4n) is 3.53.